The molecule has 0 aromatic carbocycles. The van der Waals surface area contributed by atoms with E-state index in [0.29, 0.717) is 0 Å². The molecule has 0 radical (unpaired) electrons. The molecule has 0 saturated carbocycles. The summed E-state index contributed by atoms with van der Waals surface area (Å²) < 4.78 is 84.8. The summed E-state index contributed by atoms with van der Waals surface area (Å²) in [4.78, 5) is 51.9. The summed E-state index contributed by atoms with van der Waals surface area (Å²) >= 11 is 0. The fourth-order valence-electron chi connectivity index (χ4n) is 17.0. The van der Waals surface area contributed by atoms with Crippen LogP contribution >= 0.6 is 0 Å². The fraction of sp³-hybridized carbons (Fsp3) is 0.951. The van der Waals surface area contributed by atoms with Gasteiger partial charge in [0.05, 0.1) is 64.5 Å². The molecule has 0 bridgehead atoms. The minimum atomic E-state index is -3.39. The third kappa shape index (κ3) is 31.1. The zero-order valence-corrected chi connectivity index (χ0v) is 74.1. The van der Waals surface area contributed by atoms with Gasteiger partial charge >= 0.3 is 29.6 Å². The smallest absolute Gasteiger partial charge is 0.544 e. The molecule has 3 amide bonds. The molecular weight excluding hydrogens is 1650 g/mol. The van der Waals surface area contributed by atoms with Gasteiger partial charge < -0.3 is 189 Å². The molecule has 7 aliphatic heterocycles. The van der Waals surface area contributed by atoms with E-state index < -0.39 is 290 Å². The number of carbonyl (C=O) groups excluding carboxylic acids is 4. The van der Waals surface area contributed by atoms with Crippen LogP contribution in [-0.2, 0) is 85.5 Å². The molecule has 123 heavy (non-hydrogen) atoms. The first-order valence-electron chi connectivity index (χ1n) is 44.0. The van der Waals surface area contributed by atoms with Crippen molar-refractivity contribution in [3.05, 3.63) is 0 Å². The van der Waals surface area contributed by atoms with Gasteiger partial charge in [0.2, 0.25) is 23.5 Å². The zero-order valence-electron chi connectivity index (χ0n) is 72.1. The van der Waals surface area contributed by atoms with Crippen LogP contribution in [0.15, 0.2) is 0 Å². The number of aliphatic hydroxyl groups is 19. The average Bonchev–Trinajstić information content (AvgIpc) is 0.757. The van der Waals surface area contributed by atoms with Crippen molar-refractivity contribution in [2.75, 3.05) is 46.2 Å². The molecule has 7 saturated heterocycles. The second kappa shape index (κ2) is 55.2. The Morgan fingerprint density at radius 2 is 0.813 bits per heavy atom. The third-order valence-corrected chi connectivity index (χ3v) is 24.1. The topological polar surface area (TPSA) is 641 Å². The van der Waals surface area contributed by atoms with E-state index in [9.17, 15) is 121 Å². The molecule has 712 valence electrons. The van der Waals surface area contributed by atoms with Gasteiger partial charge in [0.15, 0.2) is 37.7 Å². The number of aliphatic carboxylic acids is 1. The summed E-state index contributed by atoms with van der Waals surface area (Å²) in [6.07, 6.45) is -35.4. The summed E-state index contributed by atoms with van der Waals surface area (Å²) in [5, 5.41) is 235. The van der Waals surface area contributed by atoms with Crippen molar-refractivity contribution in [2.45, 2.75) is 435 Å². The fourth-order valence-corrected chi connectivity index (χ4v) is 17.0. The third-order valence-electron chi connectivity index (χ3n) is 24.1. The van der Waals surface area contributed by atoms with Gasteiger partial charge in [-0.05, 0) is 25.7 Å². The predicted molar refractivity (Wildman–Crippen MR) is 418 cm³/mol. The number of aliphatic hydroxyl groups excluding tert-OH is 19. The Hall–Kier alpha value is -2.44. The van der Waals surface area contributed by atoms with Crippen LogP contribution in [0.5, 0.6) is 0 Å². The molecule has 7 fully saturated rings. The number of nitrogens with one attached hydrogen (secondary N) is 3. The molecule has 0 aliphatic carbocycles. The number of carbonyl (C=O) groups is 4. The quantitative estimate of drug-likeness (QED) is 0.0199. The minimum Gasteiger partial charge on any atom is -0.544 e. The Labute approximate surface area is 740 Å². The molecule has 0 aromatic heterocycles. The molecule has 7 aliphatic rings. The molecule has 22 N–H and O–H groups in total. The van der Waals surface area contributed by atoms with E-state index in [-0.39, 0.29) is 42.1 Å². The second-order valence-electron chi connectivity index (χ2n) is 33.7. The van der Waals surface area contributed by atoms with Crippen LogP contribution in [0.1, 0.15) is 215 Å². The van der Waals surface area contributed by atoms with Gasteiger partial charge in [-0.2, -0.15) is 0 Å². The zero-order chi connectivity index (χ0) is 89.7. The van der Waals surface area contributed by atoms with E-state index in [1.54, 1.807) is 0 Å². The molecule has 42 heteroatoms. The first-order chi connectivity index (χ1) is 58.2. The van der Waals surface area contributed by atoms with Crippen molar-refractivity contribution in [3.63, 3.8) is 0 Å². The second-order valence-corrected chi connectivity index (χ2v) is 33.7. The molecule has 41 nitrogen and oxygen atoms in total. The van der Waals surface area contributed by atoms with E-state index in [2.05, 4.69) is 29.8 Å². The maximum absolute atomic E-state index is 13.5. The number of carboxylic acid groups (broad SMARTS) is 1. The first kappa shape index (κ1) is 109. The van der Waals surface area contributed by atoms with Crippen LogP contribution in [0, 0.1) is 5.92 Å². The van der Waals surface area contributed by atoms with Crippen LogP contribution in [0.25, 0.3) is 0 Å². The number of unbranched alkanes of at least 4 members (excludes halogenated alkanes) is 22. The maximum Gasteiger partial charge on any atom is 1.00 e. The molecule has 7 rings (SSSR count). The molecule has 7 heterocycles. The number of rotatable bonds is 53. The predicted octanol–water partition coefficient (Wildman–Crippen LogP) is -8.12. The summed E-state index contributed by atoms with van der Waals surface area (Å²) in [5.41, 5.74) is 0. The van der Waals surface area contributed by atoms with Crippen molar-refractivity contribution in [2.24, 2.45) is 5.92 Å². The van der Waals surface area contributed by atoms with Gasteiger partial charge in [0, 0.05) is 27.2 Å². The number of ether oxygens (including phenoxy) is 14. The summed E-state index contributed by atoms with van der Waals surface area (Å²) in [6.45, 7) is 2.35. The van der Waals surface area contributed by atoms with Crippen LogP contribution in [-0.4, -0.2) is 387 Å². The van der Waals surface area contributed by atoms with Crippen LogP contribution in [0.3, 0.4) is 0 Å². The van der Waals surface area contributed by atoms with E-state index in [0.717, 1.165) is 85.0 Å². The monoisotopic (exact) mass is 1790 g/mol. The van der Waals surface area contributed by atoms with Gasteiger partial charge in [0.1, 0.15) is 165 Å². The van der Waals surface area contributed by atoms with Crippen molar-refractivity contribution >= 4 is 23.7 Å². The van der Waals surface area contributed by atoms with Crippen LogP contribution in [0.4, 0.5) is 0 Å². The SMILES string of the molecule is CCCCCCCCCCCCCCC(CCCCCCCCCCCCCC)CO[C@@H]1O[C@H](CO)[C@@H](O[C@@H]2O[C@H](CO)[C@H](O)[C@H](O[C@H]3O[C@H](CO[C@@H]4O[C@H](CO)[C@@H](O[C@@H]5O[C@H](CO)[C@H](O)[C@H](O[C@]6(C(=O)[O-])C[C@H](O)[C@@H](NC(C)=O)[C@@H]([C@H](O)[C@H](O)CO)O6)[C@H]5O)[C@H](O[C@@H]5O[C@@H](C)[C@@H](O)[C@@H](O)[C@@H]5O)[C@H]4NC(C)=O)[C@H](O)[C@H](O)[C@H]3NC(C)=O)[C@H]2O)[C@H](O)[C@H]1O.[Na+]. The van der Waals surface area contributed by atoms with Gasteiger partial charge in [0.25, 0.3) is 0 Å². The largest absolute Gasteiger partial charge is 1.00 e. The minimum absolute atomic E-state index is 0. The summed E-state index contributed by atoms with van der Waals surface area (Å²) in [5.74, 6) is -8.34. The average molecular weight is 1790 g/mol. The Morgan fingerprint density at radius 3 is 1.30 bits per heavy atom. The van der Waals surface area contributed by atoms with Crippen LogP contribution in [0.2, 0.25) is 0 Å². The van der Waals surface area contributed by atoms with Crippen molar-refractivity contribution in [1.82, 2.24) is 16.0 Å². The normalized spacial score (nSPS) is 38.6. The number of hydrogen-bond acceptors (Lipinski definition) is 38. The van der Waals surface area contributed by atoms with E-state index in [1.807, 2.05) is 0 Å². The Balaban J connectivity index is 0.0000234. The number of amides is 3. The van der Waals surface area contributed by atoms with E-state index in [4.69, 9.17) is 66.3 Å². The van der Waals surface area contributed by atoms with Crippen molar-refractivity contribution < 1.29 is 217 Å². The van der Waals surface area contributed by atoms with E-state index in [1.165, 1.54) is 110 Å². The standard InChI is InChI=1S/C81H145N3O38.Na/c1-7-9-11-13-15-17-19-21-23-25-27-29-31-45(32-30-28-26-24-22-20-18-16-14-12-10-8-2)39-109-76-65(104)63(102)68(50(37-88)115-76)117-78-66(105)72(59(98)48(35-86)112-78)120-75-54(83-43(5)91)61(100)58(97)52(116-75)40-110-74-55(84-44(6)92)71(119-77-64(103)62(101)56(95)41(3)111-77)69(51(38-89)114-74)118-79-67(106)73(60(99)49(36-87)113-79)122-81(80(107)108)33-46(93)53(82-42(4)90)70(121-81)57(96)47(94)34-85;/h41,45-79,85-89,93-106H,7-40H2,1-6H3,(H,82,90)(H,83,91)(H,84,92)(H,107,108);/q;+1/p-1/t41-,46-,47+,48+,49+,50+,51+,52+,53+,54+,55+,56+,57+,58-,59-,60-,61+,62+,63+,64-,65+,66+,67+,68+,69+,70-,71+,72-,73-,74+,75+,76+,77-,78-,79-,81-;/m0./s1. The van der Waals surface area contributed by atoms with Crippen LogP contribution < -0.4 is 50.6 Å². The Bertz CT molecular complexity index is 2950. The Morgan fingerprint density at radius 1 is 0.407 bits per heavy atom. The first-order valence-corrected chi connectivity index (χ1v) is 44.0. The van der Waals surface area contributed by atoms with E-state index >= 15 is 0 Å². The number of hydrogen-bond donors (Lipinski definition) is 22. The Kier molecular flexibility index (Phi) is 49.0. The van der Waals surface area contributed by atoms with Gasteiger partial charge in [-0.1, -0.05) is 168 Å². The van der Waals surface area contributed by atoms with Gasteiger partial charge in [-0.3, -0.25) is 14.4 Å². The van der Waals surface area contributed by atoms with Gasteiger partial charge in [-0.15, -0.1) is 0 Å². The van der Waals surface area contributed by atoms with Crippen molar-refractivity contribution in [3.8, 4) is 0 Å². The molecular formula is C81H144N3NaO38. The maximum atomic E-state index is 13.5. The van der Waals surface area contributed by atoms with Crippen molar-refractivity contribution in [1.29, 1.82) is 0 Å². The molecule has 36 atom stereocenters. The molecule has 0 unspecified atom stereocenters. The summed E-state index contributed by atoms with van der Waals surface area (Å²) in [7, 11) is 0. The summed E-state index contributed by atoms with van der Waals surface area (Å²) in [6, 6.07) is -5.47. The molecule has 0 spiro atoms. The van der Waals surface area contributed by atoms with Gasteiger partial charge in [-0.25, -0.2) is 0 Å². The molecule has 0 aromatic rings. The number of carboxylic acids is 1.